The van der Waals surface area contributed by atoms with E-state index in [-0.39, 0.29) is 11.6 Å². The number of carbonyl (C=O) groups is 1. The van der Waals surface area contributed by atoms with Crippen LogP contribution in [0.4, 0.5) is 0 Å². The van der Waals surface area contributed by atoms with E-state index in [4.69, 9.17) is 5.26 Å². The van der Waals surface area contributed by atoms with E-state index in [1.54, 1.807) is 20.8 Å². The lowest BCUT2D eigenvalue weighted by Gasteiger charge is -2.15. The van der Waals surface area contributed by atoms with Gasteiger partial charge in [-0.2, -0.15) is 15.0 Å². The number of nitrogens with zero attached hydrogens (tertiary/aromatic N) is 3. The molecule has 0 aliphatic carbocycles. The van der Waals surface area contributed by atoms with Crippen LogP contribution in [-0.4, -0.2) is 15.7 Å². The molecule has 0 saturated carbocycles. The molecule has 13 heavy (non-hydrogen) atoms. The Hall–Kier alpha value is -1.63. The number of carbonyl (C=O) groups excluding carboxylic acids is 1. The second kappa shape index (κ2) is 3.02. The van der Waals surface area contributed by atoms with Gasteiger partial charge in [-0.3, -0.25) is 4.79 Å². The second-order valence-electron chi connectivity index (χ2n) is 3.80. The van der Waals surface area contributed by atoms with Crippen molar-refractivity contribution >= 4 is 5.91 Å². The van der Waals surface area contributed by atoms with Crippen molar-refractivity contribution in [1.82, 2.24) is 9.78 Å². The number of hydrogen-bond acceptors (Lipinski definition) is 3. The summed E-state index contributed by atoms with van der Waals surface area (Å²) in [4.78, 5) is 11.7. The highest BCUT2D eigenvalue weighted by atomic mass is 16.2. The zero-order valence-corrected chi connectivity index (χ0v) is 7.90. The van der Waals surface area contributed by atoms with Crippen LogP contribution in [0.1, 0.15) is 31.3 Å². The molecule has 0 saturated heterocycles. The maximum absolute atomic E-state index is 11.7. The Morgan fingerprint density at radius 2 is 2.23 bits per heavy atom. The van der Waals surface area contributed by atoms with E-state index >= 15 is 0 Å². The average Bonchev–Trinajstić information content (AvgIpc) is 2.48. The van der Waals surface area contributed by atoms with Gasteiger partial charge in [0.05, 0.1) is 6.20 Å². The van der Waals surface area contributed by atoms with Gasteiger partial charge in [0, 0.05) is 5.41 Å². The molecule has 0 spiro atoms. The predicted octanol–water partition coefficient (Wildman–Crippen LogP) is 1.44. The lowest BCUT2D eigenvalue weighted by atomic mass is 9.96. The molecule has 4 nitrogen and oxygen atoms in total. The third-order valence-electron chi connectivity index (χ3n) is 1.59. The number of aromatic nitrogens is 2. The van der Waals surface area contributed by atoms with E-state index < -0.39 is 5.41 Å². The summed E-state index contributed by atoms with van der Waals surface area (Å²) in [7, 11) is 0. The predicted molar refractivity (Wildman–Crippen MR) is 47.0 cm³/mol. The molecule has 0 radical (unpaired) electrons. The molecule has 0 amide bonds. The second-order valence-corrected chi connectivity index (χ2v) is 3.80. The Kier molecular flexibility index (Phi) is 2.20. The molecular weight excluding hydrogens is 166 g/mol. The number of rotatable bonds is 0. The third kappa shape index (κ3) is 1.75. The summed E-state index contributed by atoms with van der Waals surface area (Å²) in [5.41, 5.74) is -0.239. The minimum Gasteiger partial charge on any atom is -0.272 e. The van der Waals surface area contributed by atoms with Gasteiger partial charge >= 0.3 is 0 Å². The Morgan fingerprint density at radius 1 is 1.62 bits per heavy atom. The molecule has 68 valence electrons. The summed E-state index contributed by atoms with van der Waals surface area (Å²) in [6, 6.07) is 3.43. The largest absolute Gasteiger partial charge is 0.272 e. The molecule has 4 heteroatoms. The molecule has 1 rings (SSSR count). The fourth-order valence-electron chi connectivity index (χ4n) is 0.868. The summed E-state index contributed by atoms with van der Waals surface area (Å²) in [6.45, 7) is 5.37. The third-order valence-corrected chi connectivity index (χ3v) is 1.59. The molecule has 0 aliphatic heterocycles. The first-order valence-corrected chi connectivity index (χ1v) is 3.96. The molecule has 0 unspecified atom stereocenters. The van der Waals surface area contributed by atoms with Crippen molar-refractivity contribution in [2.75, 3.05) is 0 Å². The SMILES string of the molecule is CC(C)(C)C(=O)n1nccc1C#N. The summed E-state index contributed by atoms with van der Waals surface area (Å²) in [5.74, 6) is -0.172. The van der Waals surface area contributed by atoms with E-state index in [9.17, 15) is 4.79 Å². The van der Waals surface area contributed by atoms with Gasteiger partial charge in [-0.1, -0.05) is 20.8 Å². The monoisotopic (exact) mass is 177 g/mol. The van der Waals surface area contributed by atoms with Crippen LogP contribution in [-0.2, 0) is 0 Å². The molecule has 0 fully saturated rings. The molecule has 1 aromatic rings. The van der Waals surface area contributed by atoms with E-state index in [1.807, 2.05) is 6.07 Å². The maximum atomic E-state index is 11.7. The fraction of sp³-hybridized carbons (Fsp3) is 0.444. The van der Waals surface area contributed by atoms with Gasteiger partial charge in [-0.15, -0.1) is 0 Å². The van der Waals surface area contributed by atoms with Crippen molar-refractivity contribution in [2.45, 2.75) is 20.8 Å². The maximum Gasteiger partial charge on any atom is 0.253 e. The van der Waals surface area contributed by atoms with Crippen molar-refractivity contribution < 1.29 is 4.79 Å². The van der Waals surface area contributed by atoms with Crippen molar-refractivity contribution in [1.29, 1.82) is 5.26 Å². The Balaban J connectivity index is 3.11. The average molecular weight is 177 g/mol. The van der Waals surface area contributed by atoms with Crippen LogP contribution in [0.3, 0.4) is 0 Å². The van der Waals surface area contributed by atoms with Crippen molar-refractivity contribution in [3.63, 3.8) is 0 Å². The van der Waals surface area contributed by atoms with Crippen LogP contribution in [0.15, 0.2) is 12.3 Å². The Bertz CT molecular complexity index is 365. The van der Waals surface area contributed by atoms with Crippen molar-refractivity contribution in [3.8, 4) is 6.07 Å². The van der Waals surface area contributed by atoms with Gasteiger partial charge in [0.25, 0.3) is 5.91 Å². The minimum absolute atomic E-state index is 0.172. The lowest BCUT2D eigenvalue weighted by Crippen LogP contribution is -2.28. The Morgan fingerprint density at radius 3 is 2.69 bits per heavy atom. The van der Waals surface area contributed by atoms with Gasteiger partial charge in [0.2, 0.25) is 0 Å². The van der Waals surface area contributed by atoms with Gasteiger partial charge < -0.3 is 0 Å². The molecule has 0 aromatic carbocycles. The molecular formula is C9H11N3O. The summed E-state index contributed by atoms with van der Waals surface area (Å²) < 4.78 is 1.14. The zero-order chi connectivity index (χ0) is 10.1. The zero-order valence-electron chi connectivity index (χ0n) is 7.90. The molecule has 0 bridgehead atoms. The van der Waals surface area contributed by atoms with Crippen molar-refractivity contribution in [2.24, 2.45) is 5.41 Å². The van der Waals surface area contributed by atoms with Crippen LogP contribution in [0.25, 0.3) is 0 Å². The molecule has 1 aromatic heterocycles. The van der Waals surface area contributed by atoms with Crippen LogP contribution in [0.5, 0.6) is 0 Å². The molecule has 0 atom stereocenters. The van der Waals surface area contributed by atoms with E-state index in [0.717, 1.165) is 4.68 Å². The molecule has 1 heterocycles. The van der Waals surface area contributed by atoms with Gasteiger partial charge in [-0.05, 0) is 6.07 Å². The standard InChI is InChI=1S/C9H11N3O/c1-9(2,3)8(13)12-7(6-10)4-5-11-12/h4-5H,1-3H3. The summed E-state index contributed by atoms with van der Waals surface area (Å²) in [5, 5.41) is 12.5. The molecule has 0 aliphatic rings. The fourth-order valence-corrected chi connectivity index (χ4v) is 0.868. The van der Waals surface area contributed by atoms with E-state index in [1.165, 1.54) is 12.3 Å². The van der Waals surface area contributed by atoms with E-state index in [2.05, 4.69) is 5.10 Å². The smallest absolute Gasteiger partial charge is 0.253 e. The molecule has 0 N–H and O–H groups in total. The summed E-state index contributed by atoms with van der Waals surface area (Å²) >= 11 is 0. The number of nitriles is 1. The van der Waals surface area contributed by atoms with Crippen LogP contribution < -0.4 is 0 Å². The highest BCUT2D eigenvalue weighted by Crippen LogP contribution is 2.16. The first-order chi connectivity index (χ1) is 5.96. The quantitative estimate of drug-likeness (QED) is 0.602. The van der Waals surface area contributed by atoms with Gasteiger partial charge in [-0.25, -0.2) is 0 Å². The van der Waals surface area contributed by atoms with Gasteiger partial charge in [0.1, 0.15) is 11.8 Å². The van der Waals surface area contributed by atoms with Crippen LogP contribution in [0, 0.1) is 16.7 Å². The lowest BCUT2D eigenvalue weighted by molar-refractivity contribution is 0.0747. The van der Waals surface area contributed by atoms with E-state index in [0.29, 0.717) is 0 Å². The Labute approximate surface area is 76.8 Å². The normalized spacial score (nSPS) is 10.9. The van der Waals surface area contributed by atoms with Crippen molar-refractivity contribution in [3.05, 3.63) is 18.0 Å². The highest BCUT2D eigenvalue weighted by Gasteiger charge is 2.25. The van der Waals surface area contributed by atoms with Crippen LogP contribution >= 0.6 is 0 Å². The topological polar surface area (TPSA) is 58.7 Å². The first-order valence-electron chi connectivity index (χ1n) is 3.96. The minimum atomic E-state index is -0.516. The van der Waals surface area contributed by atoms with Crippen LogP contribution in [0.2, 0.25) is 0 Å². The highest BCUT2D eigenvalue weighted by molar-refractivity contribution is 5.84. The first kappa shape index (κ1) is 9.46. The summed E-state index contributed by atoms with van der Waals surface area (Å²) in [6.07, 6.45) is 1.45. The number of hydrogen-bond donors (Lipinski definition) is 0. The van der Waals surface area contributed by atoms with Gasteiger partial charge in [0.15, 0.2) is 0 Å².